The van der Waals surface area contributed by atoms with Crippen LogP contribution in [0.3, 0.4) is 0 Å². The van der Waals surface area contributed by atoms with Gasteiger partial charge < -0.3 is 5.11 Å². The molecule has 0 bridgehead atoms. The highest BCUT2D eigenvalue weighted by molar-refractivity contribution is 6.35. The highest BCUT2D eigenvalue weighted by atomic mass is 35.5. The molecule has 0 radical (unpaired) electrons. The molecule has 3 aromatic rings. The van der Waals surface area contributed by atoms with E-state index in [1.807, 2.05) is 0 Å². The van der Waals surface area contributed by atoms with Crippen LogP contribution in [0.25, 0.3) is 16.9 Å². The first kappa shape index (κ1) is 12.9. The Hall–Kier alpha value is -2.11. The molecule has 0 aliphatic heterocycles. The average molecular weight is 308 g/mol. The topological polar surface area (TPSA) is 67.5 Å². The van der Waals surface area contributed by atoms with E-state index in [2.05, 4.69) is 9.97 Å². The van der Waals surface area contributed by atoms with Crippen molar-refractivity contribution in [2.45, 2.75) is 0 Å². The fourth-order valence-corrected chi connectivity index (χ4v) is 2.36. The molecule has 5 nitrogen and oxygen atoms in total. The van der Waals surface area contributed by atoms with Gasteiger partial charge in [-0.2, -0.15) is 0 Å². The number of aromatic nitrogens is 3. The average Bonchev–Trinajstić information content (AvgIpc) is 2.80. The van der Waals surface area contributed by atoms with Crippen LogP contribution in [0.4, 0.5) is 0 Å². The Balaban J connectivity index is 2.38. The number of hydrogen-bond donors (Lipinski definition) is 1. The van der Waals surface area contributed by atoms with Gasteiger partial charge in [0.05, 0.1) is 11.2 Å². The summed E-state index contributed by atoms with van der Waals surface area (Å²) in [6.07, 6.45) is 4.51. The van der Waals surface area contributed by atoms with Crippen LogP contribution < -0.4 is 0 Å². The van der Waals surface area contributed by atoms with Crippen LogP contribution >= 0.6 is 23.2 Å². The molecule has 0 spiro atoms. The van der Waals surface area contributed by atoms with Gasteiger partial charge >= 0.3 is 5.97 Å². The van der Waals surface area contributed by atoms with E-state index in [1.165, 1.54) is 23.0 Å². The zero-order valence-electron chi connectivity index (χ0n) is 9.92. The third kappa shape index (κ3) is 2.01. The zero-order valence-corrected chi connectivity index (χ0v) is 11.4. The van der Waals surface area contributed by atoms with E-state index in [1.54, 1.807) is 18.2 Å². The molecule has 0 fully saturated rings. The van der Waals surface area contributed by atoms with Gasteiger partial charge in [0.1, 0.15) is 5.69 Å². The lowest BCUT2D eigenvalue weighted by molar-refractivity contribution is 0.0690. The number of fused-ring (bicyclic) bond motifs is 1. The van der Waals surface area contributed by atoms with Crippen LogP contribution in [0.1, 0.15) is 10.5 Å². The lowest BCUT2D eigenvalue weighted by atomic mass is 10.1. The highest BCUT2D eigenvalue weighted by Gasteiger charge is 2.21. The van der Waals surface area contributed by atoms with Gasteiger partial charge in [0.2, 0.25) is 0 Å². The molecule has 100 valence electrons. The molecular weight excluding hydrogens is 301 g/mol. The molecule has 7 heteroatoms. The summed E-state index contributed by atoms with van der Waals surface area (Å²) in [5.41, 5.74) is 1.18. The quantitative estimate of drug-likeness (QED) is 0.788. The lowest BCUT2D eigenvalue weighted by Crippen LogP contribution is -2.03. The fraction of sp³-hybridized carbons (Fsp3) is 0. The number of rotatable bonds is 2. The first-order chi connectivity index (χ1) is 9.58. The second-order valence-electron chi connectivity index (χ2n) is 4.04. The summed E-state index contributed by atoms with van der Waals surface area (Å²) in [5, 5.41) is 10.3. The Morgan fingerprint density at radius 1 is 1.30 bits per heavy atom. The summed E-state index contributed by atoms with van der Waals surface area (Å²) in [7, 11) is 0. The Bertz CT molecular complexity index is 830. The van der Waals surface area contributed by atoms with E-state index in [-0.39, 0.29) is 11.4 Å². The van der Waals surface area contributed by atoms with Gasteiger partial charge in [0.25, 0.3) is 0 Å². The highest BCUT2D eigenvalue weighted by Crippen LogP contribution is 2.32. The number of aromatic carboxylic acids is 1. The number of carboxylic acid groups (broad SMARTS) is 1. The number of benzene rings is 1. The molecule has 20 heavy (non-hydrogen) atoms. The lowest BCUT2D eigenvalue weighted by Gasteiger charge is -2.03. The summed E-state index contributed by atoms with van der Waals surface area (Å²) in [6.45, 7) is 0. The van der Waals surface area contributed by atoms with Crippen molar-refractivity contribution >= 4 is 34.8 Å². The van der Waals surface area contributed by atoms with Gasteiger partial charge in [-0.05, 0) is 18.2 Å². The number of nitrogens with zero attached hydrogens (tertiary/aromatic N) is 3. The molecule has 1 aromatic carbocycles. The molecule has 1 N–H and O–H groups in total. The first-order valence-corrected chi connectivity index (χ1v) is 6.34. The third-order valence-corrected chi connectivity index (χ3v) is 3.38. The summed E-state index contributed by atoms with van der Waals surface area (Å²) in [4.78, 5) is 19.7. The van der Waals surface area contributed by atoms with Crippen molar-refractivity contribution < 1.29 is 9.90 Å². The van der Waals surface area contributed by atoms with Crippen molar-refractivity contribution in [2.24, 2.45) is 0 Å². The summed E-state index contributed by atoms with van der Waals surface area (Å²) < 4.78 is 1.45. The van der Waals surface area contributed by atoms with Crippen molar-refractivity contribution in [3.05, 3.63) is 52.5 Å². The zero-order chi connectivity index (χ0) is 14.3. The van der Waals surface area contributed by atoms with Crippen LogP contribution in [0.2, 0.25) is 10.0 Å². The third-order valence-electron chi connectivity index (χ3n) is 2.82. The molecule has 0 saturated heterocycles. The van der Waals surface area contributed by atoms with Gasteiger partial charge in [0.15, 0.2) is 11.3 Å². The maximum atomic E-state index is 11.5. The first-order valence-electron chi connectivity index (χ1n) is 5.58. The molecule has 3 rings (SSSR count). The summed E-state index contributed by atoms with van der Waals surface area (Å²) in [5.74, 6) is -1.10. The number of hydrogen-bond acceptors (Lipinski definition) is 3. The predicted octanol–water partition coefficient (Wildman–Crippen LogP) is 3.40. The molecule has 0 atom stereocenters. The Labute approximate surface area is 123 Å². The standard InChI is InChI=1S/C13H7Cl2N3O2/c14-7-1-2-9(15)8(5-7)11-12(13(19)20)18-4-3-16-6-10(18)17-11/h1-6H,(H,19,20). The molecular formula is C13H7Cl2N3O2. The van der Waals surface area contributed by atoms with Crippen molar-refractivity contribution in [3.63, 3.8) is 0 Å². The molecule has 0 amide bonds. The normalized spacial score (nSPS) is 10.9. The summed E-state index contributed by atoms with van der Waals surface area (Å²) in [6, 6.07) is 4.82. The largest absolute Gasteiger partial charge is 0.476 e. The monoisotopic (exact) mass is 307 g/mol. The van der Waals surface area contributed by atoms with E-state index in [4.69, 9.17) is 23.2 Å². The second-order valence-corrected chi connectivity index (χ2v) is 4.89. The van der Waals surface area contributed by atoms with E-state index < -0.39 is 5.97 Å². The molecule has 0 saturated carbocycles. The van der Waals surface area contributed by atoms with Crippen LogP contribution in [0.5, 0.6) is 0 Å². The van der Waals surface area contributed by atoms with Crippen molar-refractivity contribution in [1.29, 1.82) is 0 Å². The predicted molar refractivity (Wildman–Crippen MR) is 75.4 cm³/mol. The van der Waals surface area contributed by atoms with Crippen molar-refractivity contribution in [1.82, 2.24) is 14.4 Å². The van der Waals surface area contributed by atoms with Gasteiger partial charge in [-0.15, -0.1) is 0 Å². The fourth-order valence-electron chi connectivity index (χ4n) is 1.98. The van der Waals surface area contributed by atoms with E-state index in [0.29, 0.717) is 21.3 Å². The van der Waals surface area contributed by atoms with Crippen LogP contribution in [0, 0.1) is 0 Å². The maximum absolute atomic E-state index is 11.5. The van der Waals surface area contributed by atoms with Gasteiger partial charge in [-0.25, -0.2) is 9.78 Å². The number of imidazole rings is 1. The SMILES string of the molecule is O=C(O)c1c(-c2cc(Cl)ccc2Cl)nc2cnccn12. The Morgan fingerprint density at radius 2 is 2.10 bits per heavy atom. The minimum absolute atomic E-state index is 0.0200. The smallest absolute Gasteiger partial charge is 0.355 e. The molecule has 0 aliphatic rings. The van der Waals surface area contributed by atoms with Gasteiger partial charge in [-0.1, -0.05) is 23.2 Å². The molecule has 0 aliphatic carbocycles. The number of halogens is 2. The minimum atomic E-state index is -1.10. The van der Waals surface area contributed by atoms with Gasteiger partial charge in [-0.3, -0.25) is 9.38 Å². The van der Waals surface area contributed by atoms with E-state index in [0.717, 1.165) is 0 Å². The van der Waals surface area contributed by atoms with E-state index in [9.17, 15) is 9.90 Å². The summed E-state index contributed by atoms with van der Waals surface area (Å²) >= 11 is 12.1. The Kier molecular flexibility index (Phi) is 3.08. The van der Waals surface area contributed by atoms with Crippen LogP contribution in [-0.4, -0.2) is 25.4 Å². The minimum Gasteiger partial charge on any atom is -0.476 e. The second kappa shape index (κ2) is 4.77. The number of carboxylic acids is 1. The van der Waals surface area contributed by atoms with Crippen LogP contribution in [-0.2, 0) is 0 Å². The van der Waals surface area contributed by atoms with Crippen molar-refractivity contribution in [2.75, 3.05) is 0 Å². The molecule has 2 heterocycles. The molecule has 2 aromatic heterocycles. The van der Waals surface area contributed by atoms with E-state index >= 15 is 0 Å². The van der Waals surface area contributed by atoms with Gasteiger partial charge in [0, 0.05) is 23.0 Å². The van der Waals surface area contributed by atoms with Crippen molar-refractivity contribution in [3.8, 4) is 11.3 Å². The number of carbonyl (C=O) groups is 1. The maximum Gasteiger partial charge on any atom is 0.355 e. The Morgan fingerprint density at radius 3 is 2.85 bits per heavy atom. The molecule has 0 unspecified atom stereocenters. The van der Waals surface area contributed by atoms with Crippen LogP contribution in [0.15, 0.2) is 36.8 Å².